The highest BCUT2D eigenvalue weighted by Gasteiger charge is 2.23. The minimum atomic E-state index is -0.239. The van der Waals surface area contributed by atoms with Gasteiger partial charge in [0.2, 0.25) is 5.91 Å². The Kier molecular flexibility index (Phi) is 5.16. The summed E-state index contributed by atoms with van der Waals surface area (Å²) < 4.78 is 13.8. The molecule has 1 aromatic rings. The second-order valence-electron chi connectivity index (χ2n) is 5.91. The van der Waals surface area contributed by atoms with Gasteiger partial charge < -0.3 is 4.90 Å². The molecule has 1 saturated carbocycles. The van der Waals surface area contributed by atoms with Gasteiger partial charge in [0.15, 0.2) is 0 Å². The summed E-state index contributed by atoms with van der Waals surface area (Å²) in [5, 5.41) is 0. The van der Waals surface area contributed by atoms with Crippen molar-refractivity contribution in [2.75, 3.05) is 7.05 Å². The topological polar surface area (TPSA) is 20.3 Å². The molecule has 0 heterocycles. The van der Waals surface area contributed by atoms with Gasteiger partial charge in [0.25, 0.3) is 0 Å². The first kappa shape index (κ1) is 15.0. The van der Waals surface area contributed by atoms with Crippen LogP contribution in [0.2, 0.25) is 0 Å². The van der Waals surface area contributed by atoms with Crippen LogP contribution in [0.15, 0.2) is 24.3 Å². The molecule has 0 bridgehead atoms. The van der Waals surface area contributed by atoms with E-state index in [1.807, 2.05) is 13.0 Å². The lowest BCUT2D eigenvalue weighted by atomic mass is 9.86. The predicted molar refractivity (Wildman–Crippen MR) is 78.8 cm³/mol. The molecule has 110 valence electrons. The highest BCUT2D eigenvalue weighted by atomic mass is 19.1. The van der Waals surface area contributed by atoms with Crippen LogP contribution < -0.4 is 0 Å². The average Bonchev–Trinajstić information content (AvgIpc) is 2.47. The maximum atomic E-state index is 13.8. The first-order chi connectivity index (χ1) is 9.59. The van der Waals surface area contributed by atoms with E-state index in [1.165, 1.54) is 25.3 Å². The fourth-order valence-corrected chi connectivity index (χ4v) is 3.02. The van der Waals surface area contributed by atoms with E-state index in [-0.39, 0.29) is 17.8 Å². The van der Waals surface area contributed by atoms with Gasteiger partial charge in [0, 0.05) is 19.0 Å². The minimum absolute atomic E-state index is 0.132. The first-order valence-corrected chi connectivity index (χ1v) is 7.59. The lowest BCUT2D eigenvalue weighted by Crippen LogP contribution is -2.31. The Morgan fingerprint density at radius 2 is 1.95 bits per heavy atom. The van der Waals surface area contributed by atoms with Crippen molar-refractivity contribution in [2.24, 2.45) is 5.92 Å². The number of hydrogen-bond donors (Lipinski definition) is 0. The molecule has 0 spiro atoms. The highest BCUT2D eigenvalue weighted by Crippen LogP contribution is 2.28. The molecule has 1 atom stereocenters. The number of hydrogen-bond acceptors (Lipinski definition) is 1. The van der Waals surface area contributed by atoms with E-state index in [2.05, 4.69) is 0 Å². The van der Waals surface area contributed by atoms with Gasteiger partial charge in [-0.05, 0) is 31.7 Å². The average molecular weight is 277 g/mol. The maximum Gasteiger partial charge on any atom is 0.223 e. The summed E-state index contributed by atoms with van der Waals surface area (Å²) in [5.41, 5.74) is 0.590. The van der Waals surface area contributed by atoms with E-state index in [4.69, 9.17) is 0 Å². The van der Waals surface area contributed by atoms with Crippen molar-refractivity contribution in [2.45, 2.75) is 51.5 Å². The summed E-state index contributed by atoms with van der Waals surface area (Å²) in [4.78, 5) is 14.0. The molecule has 0 aliphatic heterocycles. The van der Waals surface area contributed by atoms with Crippen molar-refractivity contribution in [3.63, 3.8) is 0 Å². The molecule has 1 aliphatic carbocycles. The molecule has 1 unspecified atom stereocenters. The molecule has 1 fully saturated rings. The van der Waals surface area contributed by atoms with Crippen LogP contribution in [0, 0.1) is 11.7 Å². The lowest BCUT2D eigenvalue weighted by molar-refractivity contribution is -0.133. The van der Waals surface area contributed by atoms with E-state index in [0.29, 0.717) is 17.9 Å². The maximum absolute atomic E-state index is 13.8. The molecule has 1 aromatic carbocycles. The second kappa shape index (κ2) is 6.87. The number of rotatable bonds is 4. The normalized spacial score (nSPS) is 17.8. The molecule has 1 aliphatic rings. The van der Waals surface area contributed by atoms with Crippen LogP contribution >= 0.6 is 0 Å². The Hall–Kier alpha value is -1.38. The third-order valence-electron chi connectivity index (χ3n) is 4.52. The van der Waals surface area contributed by atoms with Crippen LogP contribution in [0.3, 0.4) is 0 Å². The van der Waals surface area contributed by atoms with E-state index < -0.39 is 0 Å². The number of benzene rings is 1. The van der Waals surface area contributed by atoms with E-state index in [1.54, 1.807) is 24.1 Å². The van der Waals surface area contributed by atoms with E-state index in [0.717, 1.165) is 12.8 Å². The Balaban J connectivity index is 1.97. The highest BCUT2D eigenvalue weighted by molar-refractivity contribution is 5.76. The number of nitrogens with zero attached hydrogens (tertiary/aromatic N) is 1. The molecule has 0 N–H and O–H groups in total. The molecule has 3 heteroatoms. The standard InChI is InChI=1S/C17H24FNO/c1-13(15-10-6-7-11-16(15)18)19(2)17(20)12-14-8-4-3-5-9-14/h6-7,10-11,13-14H,3-5,8-9,12H2,1-2H3. The van der Waals surface area contributed by atoms with Gasteiger partial charge in [-0.1, -0.05) is 37.5 Å². The van der Waals surface area contributed by atoms with Crippen LogP contribution in [-0.4, -0.2) is 17.9 Å². The van der Waals surface area contributed by atoms with Crippen molar-refractivity contribution >= 4 is 5.91 Å². The molecule has 2 nitrogen and oxygen atoms in total. The quantitative estimate of drug-likeness (QED) is 0.802. The van der Waals surface area contributed by atoms with E-state index in [9.17, 15) is 9.18 Å². The fourth-order valence-electron chi connectivity index (χ4n) is 3.02. The van der Waals surface area contributed by atoms with Crippen LogP contribution in [0.4, 0.5) is 4.39 Å². The summed E-state index contributed by atoms with van der Waals surface area (Å²) in [5.74, 6) is 0.413. The molecule has 0 aromatic heterocycles. The molecule has 1 amide bonds. The third-order valence-corrected chi connectivity index (χ3v) is 4.52. The van der Waals surface area contributed by atoms with Crippen molar-refractivity contribution in [3.05, 3.63) is 35.6 Å². The summed E-state index contributed by atoms with van der Waals surface area (Å²) in [7, 11) is 1.78. The fraction of sp³-hybridized carbons (Fsp3) is 0.588. The first-order valence-electron chi connectivity index (χ1n) is 7.59. The SMILES string of the molecule is CC(c1ccccc1F)N(C)C(=O)CC1CCCCC1. The van der Waals surface area contributed by atoms with Gasteiger partial charge in [0.1, 0.15) is 5.82 Å². The molecule has 2 rings (SSSR count). The number of carbonyl (C=O) groups excluding carboxylic acids is 1. The van der Waals surface area contributed by atoms with Gasteiger partial charge in [-0.2, -0.15) is 0 Å². The zero-order valence-electron chi connectivity index (χ0n) is 12.4. The molecular formula is C17H24FNO. The number of amides is 1. The smallest absolute Gasteiger partial charge is 0.223 e. The number of carbonyl (C=O) groups is 1. The Morgan fingerprint density at radius 1 is 1.30 bits per heavy atom. The van der Waals surface area contributed by atoms with Crippen molar-refractivity contribution in [3.8, 4) is 0 Å². The summed E-state index contributed by atoms with van der Waals surface area (Å²) in [6.07, 6.45) is 6.71. The Bertz CT molecular complexity index is 454. The molecule has 0 radical (unpaired) electrons. The van der Waals surface area contributed by atoms with E-state index >= 15 is 0 Å². The second-order valence-corrected chi connectivity index (χ2v) is 5.91. The van der Waals surface area contributed by atoms with Gasteiger partial charge in [-0.15, -0.1) is 0 Å². The summed E-state index contributed by atoms with van der Waals surface area (Å²) in [6, 6.07) is 6.48. The van der Waals surface area contributed by atoms with Crippen LogP contribution in [-0.2, 0) is 4.79 Å². The van der Waals surface area contributed by atoms with Gasteiger partial charge >= 0.3 is 0 Å². The van der Waals surface area contributed by atoms with Crippen LogP contribution in [0.25, 0.3) is 0 Å². The van der Waals surface area contributed by atoms with Crippen LogP contribution in [0.1, 0.15) is 57.1 Å². The van der Waals surface area contributed by atoms with Gasteiger partial charge in [-0.3, -0.25) is 4.79 Å². The van der Waals surface area contributed by atoms with Crippen molar-refractivity contribution < 1.29 is 9.18 Å². The summed E-state index contributed by atoms with van der Waals surface area (Å²) in [6.45, 7) is 1.89. The predicted octanol–water partition coefficient (Wildman–Crippen LogP) is 4.32. The Labute approximate surface area is 121 Å². The molecular weight excluding hydrogens is 253 g/mol. The molecule has 0 saturated heterocycles. The lowest BCUT2D eigenvalue weighted by Gasteiger charge is -2.28. The zero-order chi connectivity index (χ0) is 14.5. The van der Waals surface area contributed by atoms with Gasteiger partial charge in [-0.25, -0.2) is 4.39 Å². The van der Waals surface area contributed by atoms with Gasteiger partial charge in [0.05, 0.1) is 6.04 Å². The van der Waals surface area contributed by atoms with Crippen LogP contribution in [0.5, 0.6) is 0 Å². The van der Waals surface area contributed by atoms with Crippen molar-refractivity contribution in [1.82, 2.24) is 4.90 Å². The molecule has 20 heavy (non-hydrogen) atoms. The van der Waals surface area contributed by atoms with Crippen molar-refractivity contribution in [1.29, 1.82) is 0 Å². The third kappa shape index (κ3) is 3.59. The minimum Gasteiger partial charge on any atom is -0.339 e. The largest absolute Gasteiger partial charge is 0.339 e. The monoisotopic (exact) mass is 277 g/mol. The summed E-state index contributed by atoms with van der Waals surface area (Å²) >= 11 is 0. The Morgan fingerprint density at radius 3 is 2.60 bits per heavy atom. The zero-order valence-corrected chi connectivity index (χ0v) is 12.4. The number of halogens is 1.